The maximum atomic E-state index is 11.6. The summed E-state index contributed by atoms with van der Waals surface area (Å²) < 4.78 is 1.41. The van der Waals surface area contributed by atoms with Crippen molar-refractivity contribution in [2.75, 3.05) is 33.2 Å². The molecule has 7 heteroatoms. The van der Waals surface area contributed by atoms with Crippen molar-refractivity contribution in [3.8, 4) is 0 Å². The van der Waals surface area contributed by atoms with Crippen LogP contribution in [-0.4, -0.2) is 60.1 Å². The van der Waals surface area contributed by atoms with Crippen LogP contribution in [0.15, 0.2) is 21.0 Å². The molecule has 1 aromatic rings. The Morgan fingerprint density at radius 1 is 1.44 bits per heavy atom. The molecule has 0 atom stereocenters. The van der Waals surface area contributed by atoms with Crippen molar-refractivity contribution in [3.05, 3.63) is 22.1 Å². The van der Waals surface area contributed by atoms with E-state index in [1.54, 1.807) is 26.5 Å². The summed E-state index contributed by atoms with van der Waals surface area (Å²) in [5.41, 5.74) is 0.447. The van der Waals surface area contributed by atoms with Crippen LogP contribution in [-0.2, 0) is 7.05 Å². The minimum absolute atomic E-state index is 0.0884. The van der Waals surface area contributed by atoms with Crippen molar-refractivity contribution in [3.63, 3.8) is 0 Å². The van der Waals surface area contributed by atoms with Crippen LogP contribution in [0.25, 0.3) is 0 Å². The average molecular weight is 250 g/mol. The molecule has 1 aromatic heterocycles. The van der Waals surface area contributed by atoms with Crippen LogP contribution in [0.1, 0.15) is 5.56 Å². The smallest absolute Gasteiger partial charge is 0.275 e. The number of aromatic nitrogens is 2. The Balaban J connectivity index is 2.11. The van der Waals surface area contributed by atoms with E-state index in [9.17, 15) is 4.79 Å². The van der Waals surface area contributed by atoms with Gasteiger partial charge in [-0.2, -0.15) is 0 Å². The van der Waals surface area contributed by atoms with Gasteiger partial charge in [0.1, 0.15) is 0 Å². The lowest BCUT2D eigenvalue weighted by Crippen LogP contribution is -2.46. The van der Waals surface area contributed by atoms with Gasteiger partial charge >= 0.3 is 0 Å². The van der Waals surface area contributed by atoms with Gasteiger partial charge in [-0.15, -0.1) is 0 Å². The zero-order valence-corrected chi connectivity index (χ0v) is 10.7. The van der Waals surface area contributed by atoms with Crippen molar-refractivity contribution < 1.29 is 0 Å². The van der Waals surface area contributed by atoms with Gasteiger partial charge < -0.3 is 15.3 Å². The molecule has 1 fully saturated rings. The Labute approximate surface area is 105 Å². The summed E-state index contributed by atoms with van der Waals surface area (Å²) in [6.45, 7) is 3.63. The van der Waals surface area contributed by atoms with Crippen molar-refractivity contribution in [1.82, 2.24) is 20.0 Å². The SMILES string of the molecule is CN=C(/N=C\c1c[nH]n(C)c1=O)N1CCNCC1. The molecule has 0 spiro atoms. The van der Waals surface area contributed by atoms with Crippen LogP contribution < -0.4 is 10.9 Å². The molecule has 0 bridgehead atoms. The van der Waals surface area contributed by atoms with Crippen molar-refractivity contribution >= 4 is 12.2 Å². The Morgan fingerprint density at radius 3 is 2.72 bits per heavy atom. The third-order valence-corrected chi connectivity index (χ3v) is 2.88. The number of H-pyrrole nitrogens is 1. The van der Waals surface area contributed by atoms with Gasteiger partial charge in [-0.25, -0.2) is 4.99 Å². The molecular formula is C11H18N6O. The Morgan fingerprint density at radius 2 is 2.17 bits per heavy atom. The van der Waals surface area contributed by atoms with Gasteiger partial charge in [-0.3, -0.25) is 14.5 Å². The lowest BCUT2D eigenvalue weighted by Gasteiger charge is -2.27. The largest absolute Gasteiger partial charge is 0.339 e. The predicted molar refractivity (Wildman–Crippen MR) is 71.4 cm³/mol. The van der Waals surface area contributed by atoms with E-state index in [1.807, 2.05) is 0 Å². The lowest BCUT2D eigenvalue weighted by atomic mass is 10.4. The van der Waals surface area contributed by atoms with Crippen molar-refractivity contribution in [1.29, 1.82) is 0 Å². The first kappa shape index (κ1) is 12.6. The van der Waals surface area contributed by atoms with Crippen molar-refractivity contribution in [2.24, 2.45) is 17.0 Å². The van der Waals surface area contributed by atoms with E-state index in [4.69, 9.17) is 0 Å². The second kappa shape index (κ2) is 5.63. The van der Waals surface area contributed by atoms with E-state index in [0.717, 1.165) is 26.2 Å². The highest BCUT2D eigenvalue weighted by Crippen LogP contribution is 1.97. The van der Waals surface area contributed by atoms with Crippen LogP contribution in [0, 0.1) is 0 Å². The van der Waals surface area contributed by atoms with E-state index in [-0.39, 0.29) is 5.56 Å². The number of nitrogens with one attached hydrogen (secondary N) is 2. The molecule has 0 radical (unpaired) electrons. The van der Waals surface area contributed by atoms with Gasteiger partial charge in [-0.05, 0) is 0 Å². The Bertz CT molecular complexity index is 506. The zero-order chi connectivity index (χ0) is 13.0. The van der Waals surface area contributed by atoms with Gasteiger partial charge in [0, 0.05) is 52.7 Å². The second-order valence-electron chi connectivity index (χ2n) is 4.11. The number of aryl methyl sites for hydroxylation is 1. The quantitative estimate of drug-likeness (QED) is 0.497. The molecule has 98 valence electrons. The summed E-state index contributed by atoms with van der Waals surface area (Å²) in [7, 11) is 3.38. The number of guanidine groups is 1. The molecule has 18 heavy (non-hydrogen) atoms. The molecule has 2 N–H and O–H groups in total. The van der Waals surface area contributed by atoms with Crippen LogP contribution in [0.5, 0.6) is 0 Å². The average Bonchev–Trinajstić information content (AvgIpc) is 2.72. The molecule has 0 aromatic carbocycles. The fraction of sp³-hybridized carbons (Fsp3) is 0.545. The topological polar surface area (TPSA) is 77.8 Å². The summed E-state index contributed by atoms with van der Waals surface area (Å²) in [4.78, 5) is 22.2. The molecule has 2 heterocycles. The number of aliphatic imine (C=N–C) groups is 2. The summed E-state index contributed by atoms with van der Waals surface area (Å²) in [6, 6.07) is 0. The fourth-order valence-electron chi connectivity index (χ4n) is 1.85. The zero-order valence-electron chi connectivity index (χ0n) is 10.7. The molecule has 0 amide bonds. The Hall–Kier alpha value is -1.89. The molecule has 7 nitrogen and oxygen atoms in total. The second-order valence-corrected chi connectivity index (χ2v) is 4.11. The predicted octanol–water partition coefficient (Wildman–Crippen LogP) is -0.977. The van der Waals surface area contributed by atoms with Gasteiger partial charge in [-0.1, -0.05) is 0 Å². The summed E-state index contributed by atoms with van der Waals surface area (Å²) in [5, 5.41) is 6.08. The van der Waals surface area contributed by atoms with E-state index >= 15 is 0 Å². The molecule has 0 saturated carbocycles. The molecule has 1 aliphatic rings. The molecule has 2 rings (SSSR count). The minimum Gasteiger partial charge on any atom is -0.339 e. The van der Waals surface area contributed by atoms with Gasteiger partial charge in [0.05, 0.1) is 5.56 Å². The van der Waals surface area contributed by atoms with Gasteiger partial charge in [0.2, 0.25) is 5.96 Å². The number of rotatable bonds is 1. The fourth-order valence-corrected chi connectivity index (χ4v) is 1.85. The van der Waals surface area contributed by atoms with E-state index in [1.165, 1.54) is 4.68 Å². The van der Waals surface area contributed by atoms with Crippen LogP contribution in [0.2, 0.25) is 0 Å². The lowest BCUT2D eigenvalue weighted by molar-refractivity contribution is 0.354. The first-order chi connectivity index (χ1) is 8.72. The highest BCUT2D eigenvalue weighted by molar-refractivity contribution is 5.93. The number of hydrogen-bond donors (Lipinski definition) is 2. The van der Waals surface area contributed by atoms with E-state index in [0.29, 0.717) is 11.5 Å². The van der Waals surface area contributed by atoms with Crippen LogP contribution in [0.3, 0.4) is 0 Å². The number of piperazine rings is 1. The third-order valence-electron chi connectivity index (χ3n) is 2.88. The maximum Gasteiger partial charge on any atom is 0.275 e. The molecular weight excluding hydrogens is 232 g/mol. The van der Waals surface area contributed by atoms with E-state index < -0.39 is 0 Å². The molecule has 0 unspecified atom stereocenters. The van der Waals surface area contributed by atoms with Crippen LogP contribution >= 0.6 is 0 Å². The summed E-state index contributed by atoms with van der Waals surface area (Å²) in [6.07, 6.45) is 3.19. The number of aromatic amines is 1. The monoisotopic (exact) mass is 250 g/mol. The van der Waals surface area contributed by atoms with Gasteiger partial charge in [0.15, 0.2) is 0 Å². The first-order valence-corrected chi connectivity index (χ1v) is 5.93. The van der Waals surface area contributed by atoms with Gasteiger partial charge in [0.25, 0.3) is 5.56 Å². The van der Waals surface area contributed by atoms with E-state index in [2.05, 4.69) is 25.3 Å². The molecule has 0 aliphatic carbocycles. The van der Waals surface area contributed by atoms with Crippen molar-refractivity contribution in [2.45, 2.75) is 0 Å². The maximum absolute atomic E-state index is 11.6. The normalized spacial score (nSPS) is 17.7. The minimum atomic E-state index is -0.0884. The highest BCUT2D eigenvalue weighted by atomic mass is 16.1. The Kier molecular flexibility index (Phi) is 3.93. The first-order valence-electron chi connectivity index (χ1n) is 5.93. The molecule has 1 aliphatic heterocycles. The number of nitrogens with zero attached hydrogens (tertiary/aromatic N) is 4. The standard InChI is InChI=1S/C11H18N6O/c1-12-11(17-5-3-13-4-6-17)14-7-9-8-15-16(2)10(9)18/h7-8,13,15H,3-6H2,1-2H3/b12-11?,14-7-. The van der Waals surface area contributed by atoms with Crippen LogP contribution in [0.4, 0.5) is 0 Å². The summed E-state index contributed by atoms with van der Waals surface area (Å²) >= 11 is 0. The molecule has 1 saturated heterocycles. The number of hydrogen-bond acceptors (Lipinski definition) is 3. The highest BCUT2D eigenvalue weighted by Gasteiger charge is 2.12. The summed E-state index contributed by atoms with van der Waals surface area (Å²) in [5.74, 6) is 0.666. The third kappa shape index (κ3) is 2.67.